The Hall–Kier alpha value is -3.43. The summed E-state index contributed by atoms with van der Waals surface area (Å²) in [5.41, 5.74) is 10.7. The fourth-order valence-corrected chi connectivity index (χ4v) is 8.00. The summed E-state index contributed by atoms with van der Waals surface area (Å²) in [6.45, 7) is 6.45. The van der Waals surface area contributed by atoms with Gasteiger partial charge in [0, 0.05) is 4.11 Å². The van der Waals surface area contributed by atoms with Crippen molar-refractivity contribution in [2.45, 2.75) is 63.7 Å². The first-order valence-corrected chi connectivity index (χ1v) is 22.0. The summed E-state index contributed by atoms with van der Waals surface area (Å²) in [5.74, 6) is 7.61. The van der Waals surface area contributed by atoms with Crippen LogP contribution in [-0.2, 0) is 0 Å². The van der Waals surface area contributed by atoms with E-state index in [-0.39, 0.29) is 17.4 Å². The van der Waals surface area contributed by atoms with Gasteiger partial charge in [0.25, 0.3) is 0 Å². The van der Waals surface area contributed by atoms with Crippen LogP contribution in [0.4, 0.5) is 0 Å². The number of hydrogen-bond acceptors (Lipinski definition) is 1. The Balaban J connectivity index is 1.70. The van der Waals surface area contributed by atoms with Crippen LogP contribution in [0.25, 0.3) is 44.6 Å². The Morgan fingerprint density at radius 3 is 1.78 bits per heavy atom. The summed E-state index contributed by atoms with van der Waals surface area (Å²) in [6, 6.07) is 34.3. The van der Waals surface area contributed by atoms with E-state index >= 15 is 0 Å². The minimum Gasteiger partial charge on any atom is -0.0622 e. The van der Waals surface area contributed by atoms with Crippen LogP contribution in [0, 0.1) is 6.85 Å². The molecule has 5 aromatic rings. The van der Waals surface area contributed by atoms with Crippen LogP contribution in [0.3, 0.4) is 0 Å². The molecule has 0 atom stereocenters. The molecule has 0 fully saturated rings. The second-order valence-corrected chi connectivity index (χ2v) is 23.4. The van der Waals surface area contributed by atoms with Crippen LogP contribution in [0.5, 0.6) is 0 Å². The molecule has 0 amide bonds. The molecule has 0 bridgehead atoms. The summed E-state index contributed by atoms with van der Waals surface area (Å²) >= 11 is -1.90. The SMILES string of the molecule is [2H]C([2H])([2H])c1cnc(-c2cccc(-c3cc[c]([Ge]([CH3])([CH3])[CH3])cc3)c2)cc1-c1c(C(C)C)cc(-c2ccccc2)cc1C(C)C. The monoisotopic (exact) mass is 602 g/mol. The van der Waals surface area contributed by atoms with Crippen LogP contribution in [0.15, 0.2) is 103 Å². The Bertz CT molecular complexity index is 1730. The van der Waals surface area contributed by atoms with E-state index in [1.165, 1.54) is 9.96 Å². The summed E-state index contributed by atoms with van der Waals surface area (Å²) in [7, 11) is 0. The van der Waals surface area contributed by atoms with Crippen molar-refractivity contribution in [3.05, 3.63) is 120 Å². The average Bonchev–Trinajstić information content (AvgIpc) is 2.99. The molecule has 0 aliphatic heterocycles. The van der Waals surface area contributed by atoms with E-state index in [4.69, 9.17) is 9.10 Å². The quantitative estimate of drug-likeness (QED) is 0.169. The van der Waals surface area contributed by atoms with Crippen molar-refractivity contribution < 1.29 is 4.11 Å². The van der Waals surface area contributed by atoms with Crippen LogP contribution in [-0.4, -0.2) is 18.3 Å². The first kappa shape index (κ1) is 25.3. The van der Waals surface area contributed by atoms with Crippen molar-refractivity contribution in [2.24, 2.45) is 0 Å². The maximum atomic E-state index is 8.48. The van der Waals surface area contributed by atoms with E-state index in [1.807, 2.05) is 12.1 Å². The van der Waals surface area contributed by atoms with Gasteiger partial charge in [-0.3, -0.25) is 0 Å². The zero-order valence-corrected chi connectivity index (χ0v) is 27.5. The summed E-state index contributed by atoms with van der Waals surface area (Å²) in [6.07, 6.45) is 1.58. The fourth-order valence-electron chi connectivity index (χ4n) is 5.55. The van der Waals surface area contributed by atoms with E-state index in [1.54, 1.807) is 6.20 Å². The van der Waals surface area contributed by atoms with Gasteiger partial charge in [-0.2, -0.15) is 0 Å². The van der Waals surface area contributed by atoms with Gasteiger partial charge in [-0.25, -0.2) is 0 Å². The van der Waals surface area contributed by atoms with Gasteiger partial charge in [0.15, 0.2) is 0 Å². The van der Waals surface area contributed by atoms with Crippen molar-refractivity contribution in [3.8, 4) is 44.6 Å². The standard InChI is InChI=1S/C39H43GeN/c1-26(2)35-22-33(29-13-10-9-11-14-29)23-36(27(3)4)39(35)37-24-38(41-25-28(37)5)32-16-12-15-31(21-32)30-17-19-34(20-18-30)40(6,7)8/h9-27H,1-8H3/i5D3. The molecule has 0 aliphatic rings. The summed E-state index contributed by atoms with van der Waals surface area (Å²) in [5, 5.41) is 0. The van der Waals surface area contributed by atoms with Crippen LogP contribution in [0.2, 0.25) is 17.3 Å². The number of pyridine rings is 1. The number of rotatable bonds is 7. The molecule has 0 N–H and O–H groups in total. The van der Waals surface area contributed by atoms with Gasteiger partial charge in [0.1, 0.15) is 0 Å². The van der Waals surface area contributed by atoms with E-state index in [9.17, 15) is 0 Å². The van der Waals surface area contributed by atoms with E-state index in [0.717, 1.165) is 50.2 Å². The number of nitrogens with zero attached hydrogens (tertiary/aromatic N) is 1. The molecule has 0 saturated heterocycles. The second kappa shape index (κ2) is 11.8. The number of aryl methyl sites for hydroxylation is 1. The van der Waals surface area contributed by atoms with Crippen LogP contribution < -0.4 is 4.40 Å². The van der Waals surface area contributed by atoms with Crippen molar-refractivity contribution >= 4 is 17.7 Å². The zero-order chi connectivity index (χ0) is 31.8. The van der Waals surface area contributed by atoms with Crippen LogP contribution >= 0.6 is 0 Å². The zero-order valence-electron chi connectivity index (χ0n) is 28.4. The topological polar surface area (TPSA) is 12.9 Å². The molecule has 1 nitrogen and oxygen atoms in total. The normalized spacial score (nSPS) is 13.2. The molecule has 0 aliphatic carbocycles. The van der Waals surface area contributed by atoms with Gasteiger partial charge in [0.05, 0.1) is 0 Å². The molecular weight excluding hydrogens is 555 g/mol. The van der Waals surface area contributed by atoms with Gasteiger partial charge >= 0.3 is 158 Å². The smallest absolute Gasteiger partial charge is 0.0622 e. The summed E-state index contributed by atoms with van der Waals surface area (Å²) in [4.78, 5) is 4.74. The third kappa shape index (κ3) is 6.26. The maximum absolute atomic E-state index is 8.48. The van der Waals surface area contributed by atoms with E-state index < -0.39 is 20.1 Å². The molecule has 1 aromatic heterocycles. The molecule has 2 heteroatoms. The van der Waals surface area contributed by atoms with E-state index in [0.29, 0.717) is 0 Å². The van der Waals surface area contributed by atoms with Crippen molar-refractivity contribution in [3.63, 3.8) is 0 Å². The predicted molar refractivity (Wildman–Crippen MR) is 182 cm³/mol. The molecule has 5 rings (SSSR count). The van der Waals surface area contributed by atoms with Gasteiger partial charge in [-0.15, -0.1) is 0 Å². The second-order valence-electron chi connectivity index (χ2n) is 12.7. The van der Waals surface area contributed by atoms with Gasteiger partial charge in [-0.05, 0) is 23.0 Å². The third-order valence-electron chi connectivity index (χ3n) is 7.97. The minimum atomic E-state index is -2.30. The molecule has 0 saturated carbocycles. The number of benzene rings is 4. The third-order valence-corrected chi connectivity index (χ3v) is 12.3. The first-order valence-electron chi connectivity index (χ1n) is 16.2. The first-order chi connectivity index (χ1) is 20.7. The van der Waals surface area contributed by atoms with Crippen LogP contribution in [0.1, 0.15) is 60.3 Å². The van der Waals surface area contributed by atoms with Gasteiger partial charge < -0.3 is 0 Å². The van der Waals surface area contributed by atoms with Crippen molar-refractivity contribution in [2.75, 3.05) is 0 Å². The molecule has 0 spiro atoms. The number of aromatic nitrogens is 1. The van der Waals surface area contributed by atoms with Crippen molar-refractivity contribution in [1.29, 1.82) is 0 Å². The van der Waals surface area contributed by atoms with Gasteiger partial charge in [-0.1, -0.05) is 70.2 Å². The Morgan fingerprint density at radius 1 is 0.610 bits per heavy atom. The molecule has 208 valence electrons. The Labute approximate surface area is 254 Å². The molecule has 0 radical (unpaired) electrons. The molecule has 0 unspecified atom stereocenters. The minimum absolute atomic E-state index is 0.191. The molecular formula is C39H43GeN. The molecule has 4 aromatic carbocycles. The van der Waals surface area contributed by atoms with Gasteiger partial charge in [0.2, 0.25) is 0 Å². The predicted octanol–water partition coefficient (Wildman–Crippen LogP) is 10.9. The van der Waals surface area contributed by atoms with E-state index in [2.05, 4.69) is 130 Å². The Morgan fingerprint density at radius 2 is 1.20 bits per heavy atom. The number of hydrogen-bond donors (Lipinski definition) is 0. The fraction of sp³-hybridized carbons (Fsp3) is 0.256. The Kier molecular flexibility index (Phi) is 7.29. The summed E-state index contributed by atoms with van der Waals surface area (Å²) < 4.78 is 26.9. The van der Waals surface area contributed by atoms with Crippen molar-refractivity contribution in [1.82, 2.24) is 4.98 Å². The molecule has 1 heterocycles. The molecule has 41 heavy (non-hydrogen) atoms. The average molecular weight is 601 g/mol.